The summed E-state index contributed by atoms with van der Waals surface area (Å²) < 4.78 is 0. The van der Waals surface area contributed by atoms with Crippen LogP contribution in [-0.2, 0) is 0 Å². The van der Waals surface area contributed by atoms with E-state index >= 15 is 0 Å². The minimum atomic E-state index is 0.483. The van der Waals surface area contributed by atoms with Gasteiger partial charge in [0, 0.05) is 0 Å². The fraction of sp³-hybridized carbons (Fsp3) is 1.00. The number of fused-ring (bicyclic) bond motifs is 1. The maximum Gasteiger partial charge on any atom is -0.0285 e. The van der Waals surface area contributed by atoms with Gasteiger partial charge in [0.15, 0.2) is 0 Å². The maximum atomic E-state index is 2.59. The summed E-state index contributed by atoms with van der Waals surface area (Å²) >= 11 is 0. The van der Waals surface area contributed by atoms with Gasteiger partial charge in [-0.3, -0.25) is 0 Å². The molecule has 0 spiro atoms. The molecule has 0 radical (unpaired) electrons. The molecule has 0 amide bonds. The fourth-order valence-corrected chi connectivity index (χ4v) is 5.61. The molecule has 0 saturated heterocycles. The van der Waals surface area contributed by atoms with E-state index in [-0.39, 0.29) is 0 Å². The monoisotopic (exact) mass is 236 g/mol. The third-order valence-electron chi connectivity index (χ3n) is 5.46. The van der Waals surface area contributed by atoms with Gasteiger partial charge in [-0.25, -0.2) is 0 Å². The van der Waals surface area contributed by atoms with Gasteiger partial charge >= 0.3 is 0 Å². The van der Waals surface area contributed by atoms with E-state index in [9.17, 15) is 0 Å². The third kappa shape index (κ3) is 2.56. The molecule has 3 unspecified atom stereocenters. The predicted octanol–water partition coefficient (Wildman–Crippen LogP) is 5.67. The van der Waals surface area contributed by atoms with Gasteiger partial charge in [-0.1, -0.05) is 54.4 Å². The third-order valence-corrected chi connectivity index (χ3v) is 5.46. The highest BCUT2D eigenvalue weighted by molar-refractivity contribution is 5.04. The van der Waals surface area contributed by atoms with Gasteiger partial charge < -0.3 is 0 Å². The lowest BCUT2D eigenvalue weighted by Gasteiger charge is -2.41. The van der Waals surface area contributed by atoms with E-state index in [1.165, 1.54) is 38.5 Å². The molecular formula is C17H32. The zero-order valence-electron chi connectivity index (χ0n) is 12.9. The Morgan fingerprint density at radius 3 is 2.00 bits per heavy atom. The van der Waals surface area contributed by atoms with Crippen LogP contribution in [0.1, 0.15) is 80.1 Å². The minimum Gasteiger partial charge on any atom is -0.0602 e. The number of hydrogen-bond acceptors (Lipinski definition) is 0. The summed E-state index contributed by atoms with van der Waals surface area (Å²) in [5.41, 5.74) is 1.68. The summed E-state index contributed by atoms with van der Waals surface area (Å²) in [6.45, 7) is 14.9. The summed E-state index contributed by atoms with van der Waals surface area (Å²) in [6.07, 6.45) is 8.82. The highest BCUT2D eigenvalue weighted by Gasteiger charge is 2.55. The zero-order chi connectivity index (χ0) is 12.9. The van der Waals surface area contributed by atoms with Crippen LogP contribution >= 0.6 is 0 Å². The lowest BCUT2D eigenvalue weighted by atomic mass is 9.64. The first-order valence-corrected chi connectivity index (χ1v) is 7.64. The summed E-state index contributed by atoms with van der Waals surface area (Å²) in [5.74, 6) is 2.01. The van der Waals surface area contributed by atoms with E-state index in [0.717, 1.165) is 11.8 Å². The standard InChI is InChI=1S/C17H32/c1-15(2,3)11-17(6)12-16(4,5)13-9-7-8-10-14(13)17/h13-14H,7-12H2,1-6H3. The Hall–Kier alpha value is 0. The molecule has 0 bridgehead atoms. The van der Waals surface area contributed by atoms with Crippen LogP contribution in [-0.4, -0.2) is 0 Å². The van der Waals surface area contributed by atoms with E-state index in [1.54, 1.807) is 0 Å². The van der Waals surface area contributed by atoms with Crippen LogP contribution in [0.3, 0.4) is 0 Å². The molecule has 17 heavy (non-hydrogen) atoms. The first-order chi connectivity index (χ1) is 7.64. The second-order valence-corrected chi connectivity index (χ2v) is 9.05. The average Bonchev–Trinajstić information content (AvgIpc) is 2.32. The molecule has 0 aromatic rings. The van der Waals surface area contributed by atoms with Gasteiger partial charge in [0.1, 0.15) is 0 Å². The summed E-state index contributed by atoms with van der Waals surface area (Å²) in [6, 6.07) is 0. The number of rotatable bonds is 1. The topological polar surface area (TPSA) is 0 Å². The van der Waals surface area contributed by atoms with E-state index in [1.807, 2.05) is 0 Å². The quantitative estimate of drug-likeness (QED) is 0.550. The van der Waals surface area contributed by atoms with Gasteiger partial charge in [0.25, 0.3) is 0 Å². The first-order valence-electron chi connectivity index (χ1n) is 7.64. The molecule has 100 valence electrons. The summed E-state index contributed by atoms with van der Waals surface area (Å²) in [7, 11) is 0. The van der Waals surface area contributed by atoms with Crippen molar-refractivity contribution in [1.82, 2.24) is 0 Å². The van der Waals surface area contributed by atoms with Crippen molar-refractivity contribution in [3.63, 3.8) is 0 Å². The van der Waals surface area contributed by atoms with Crippen molar-refractivity contribution in [1.29, 1.82) is 0 Å². The maximum absolute atomic E-state index is 2.59. The van der Waals surface area contributed by atoms with Crippen LogP contribution in [0.25, 0.3) is 0 Å². The molecule has 0 aromatic carbocycles. The van der Waals surface area contributed by atoms with Crippen LogP contribution < -0.4 is 0 Å². The van der Waals surface area contributed by atoms with Gasteiger partial charge in [-0.2, -0.15) is 0 Å². The molecule has 2 aliphatic rings. The second-order valence-electron chi connectivity index (χ2n) is 9.05. The molecule has 3 atom stereocenters. The van der Waals surface area contributed by atoms with Gasteiger partial charge in [-0.15, -0.1) is 0 Å². The molecule has 2 fully saturated rings. The SMILES string of the molecule is CC(C)(C)CC1(C)CC(C)(C)C2CCCCC21. The average molecular weight is 236 g/mol. The van der Waals surface area contributed by atoms with Crippen molar-refractivity contribution in [3.05, 3.63) is 0 Å². The Kier molecular flexibility index (Phi) is 3.16. The van der Waals surface area contributed by atoms with Gasteiger partial charge in [0.2, 0.25) is 0 Å². The first kappa shape index (κ1) is 13.4. The molecule has 0 aromatic heterocycles. The Morgan fingerprint density at radius 1 is 0.941 bits per heavy atom. The zero-order valence-corrected chi connectivity index (χ0v) is 12.9. The normalized spacial score (nSPS) is 41.3. The smallest absolute Gasteiger partial charge is 0.0285 e. The van der Waals surface area contributed by atoms with Crippen LogP contribution in [0.5, 0.6) is 0 Å². The highest BCUT2D eigenvalue weighted by atomic mass is 14.6. The van der Waals surface area contributed by atoms with Crippen LogP contribution in [0.2, 0.25) is 0 Å². The Morgan fingerprint density at radius 2 is 1.47 bits per heavy atom. The van der Waals surface area contributed by atoms with Crippen molar-refractivity contribution in [2.24, 2.45) is 28.1 Å². The van der Waals surface area contributed by atoms with Crippen LogP contribution in [0.4, 0.5) is 0 Å². The molecule has 0 heterocycles. The summed E-state index contributed by atoms with van der Waals surface area (Å²) in [4.78, 5) is 0. The largest absolute Gasteiger partial charge is 0.0602 e. The minimum absolute atomic E-state index is 0.483. The molecule has 2 rings (SSSR count). The van der Waals surface area contributed by atoms with E-state index in [4.69, 9.17) is 0 Å². The molecule has 2 saturated carbocycles. The number of hydrogen-bond donors (Lipinski definition) is 0. The van der Waals surface area contributed by atoms with E-state index < -0.39 is 0 Å². The van der Waals surface area contributed by atoms with Crippen molar-refractivity contribution >= 4 is 0 Å². The Bertz CT molecular complexity index is 281. The highest BCUT2D eigenvalue weighted by Crippen LogP contribution is 2.64. The van der Waals surface area contributed by atoms with Gasteiger partial charge in [0.05, 0.1) is 0 Å². The molecule has 0 aliphatic heterocycles. The molecule has 0 heteroatoms. The second kappa shape index (κ2) is 4.00. The van der Waals surface area contributed by atoms with Gasteiger partial charge in [-0.05, 0) is 53.8 Å². The van der Waals surface area contributed by atoms with Crippen LogP contribution in [0.15, 0.2) is 0 Å². The molecule has 0 nitrogen and oxygen atoms in total. The van der Waals surface area contributed by atoms with Crippen molar-refractivity contribution < 1.29 is 0 Å². The Balaban J connectivity index is 2.23. The molecule has 0 N–H and O–H groups in total. The Labute approximate surface area is 109 Å². The lowest BCUT2D eigenvalue weighted by Crippen LogP contribution is -2.32. The van der Waals surface area contributed by atoms with Crippen LogP contribution in [0, 0.1) is 28.1 Å². The predicted molar refractivity (Wildman–Crippen MR) is 76.0 cm³/mol. The van der Waals surface area contributed by atoms with E-state index in [2.05, 4.69) is 41.5 Å². The fourth-order valence-electron chi connectivity index (χ4n) is 5.61. The summed E-state index contributed by atoms with van der Waals surface area (Å²) in [5, 5.41) is 0. The van der Waals surface area contributed by atoms with Crippen molar-refractivity contribution in [3.8, 4) is 0 Å². The van der Waals surface area contributed by atoms with E-state index in [0.29, 0.717) is 16.2 Å². The molecule has 2 aliphatic carbocycles. The van der Waals surface area contributed by atoms with Crippen molar-refractivity contribution in [2.75, 3.05) is 0 Å². The van der Waals surface area contributed by atoms with Crippen molar-refractivity contribution in [2.45, 2.75) is 80.1 Å². The lowest BCUT2D eigenvalue weighted by molar-refractivity contribution is 0.0902. The molecular weight excluding hydrogens is 204 g/mol.